The molecule has 0 unspecified atom stereocenters. The molecule has 1 aromatic rings. The Labute approximate surface area is 109 Å². The van der Waals surface area contributed by atoms with E-state index in [1.54, 1.807) is 7.11 Å². The monoisotopic (exact) mass is 250 g/mol. The number of quaternary nitrogens is 1. The van der Waals surface area contributed by atoms with Crippen LogP contribution in [0.2, 0.25) is 0 Å². The number of hydrogen-bond acceptors (Lipinski definition) is 2. The van der Waals surface area contributed by atoms with E-state index in [4.69, 9.17) is 9.47 Å². The van der Waals surface area contributed by atoms with Gasteiger partial charge in [-0.25, -0.2) is 0 Å². The van der Waals surface area contributed by atoms with Gasteiger partial charge in [-0.05, 0) is 25.0 Å². The summed E-state index contributed by atoms with van der Waals surface area (Å²) in [4.78, 5) is 0. The highest BCUT2D eigenvalue weighted by atomic mass is 16.5. The van der Waals surface area contributed by atoms with E-state index in [0.717, 1.165) is 12.3 Å². The van der Waals surface area contributed by atoms with Gasteiger partial charge in [0.05, 0.1) is 7.11 Å². The van der Waals surface area contributed by atoms with Gasteiger partial charge in [0.15, 0.2) is 0 Å². The smallest absolute Gasteiger partial charge is 0.127 e. The highest BCUT2D eigenvalue weighted by Gasteiger charge is 2.27. The average Bonchev–Trinajstić information content (AvgIpc) is 2.45. The van der Waals surface area contributed by atoms with Crippen LogP contribution in [0, 0.1) is 0 Å². The molecule has 0 aromatic heterocycles. The average molecular weight is 250 g/mol. The van der Waals surface area contributed by atoms with Crippen LogP contribution in [0.4, 0.5) is 0 Å². The zero-order valence-corrected chi connectivity index (χ0v) is 11.4. The second kappa shape index (κ2) is 6.76. The van der Waals surface area contributed by atoms with E-state index in [-0.39, 0.29) is 0 Å². The number of para-hydroxylation sites is 1. The Bertz CT molecular complexity index is 367. The van der Waals surface area contributed by atoms with Crippen molar-refractivity contribution < 1.29 is 14.8 Å². The third-order valence-electron chi connectivity index (χ3n) is 3.89. The van der Waals surface area contributed by atoms with Gasteiger partial charge in [-0.2, -0.15) is 0 Å². The van der Waals surface area contributed by atoms with Crippen LogP contribution in [0.5, 0.6) is 5.75 Å². The summed E-state index contributed by atoms with van der Waals surface area (Å²) in [6.45, 7) is 0.967. The Morgan fingerprint density at radius 2 is 1.94 bits per heavy atom. The fraction of sp³-hybridized carbons (Fsp3) is 0.600. The van der Waals surface area contributed by atoms with Crippen molar-refractivity contribution in [2.45, 2.75) is 44.4 Å². The lowest BCUT2D eigenvalue weighted by molar-refractivity contribution is -0.713. The molecule has 1 aliphatic carbocycles. The molecule has 0 amide bonds. The van der Waals surface area contributed by atoms with Gasteiger partial charge in [-0.1, -0.05) is 18.6 Å². The number of benzene rings is 1. The van der Waals surface area contributed by atoms with Crippen molar-refractivity contribution in [1.82, 2.24) is 0 Å². The molecule has 0 saturated heterocycles. The number of nitrogens with two attached hydrogens (primary N) is 1. The maximum Gasteiger partial charge on any atom is 0.127 e. The molecular weight excluding hydrogens is 226 g/mol. The first-order valence-electron chi connectivity index (χ1n) is 6.83. The molecule has 1 aliphatic rings. The molecule has 100 valence electrons. The first-order valence-corrected chi connectivity index (χ1v) is 6.83. The molecule has 3 nitrogen and oxygen atoms in total. The van der Waals surface area contributed by atoms with Crippen molar-refractivity contribution in [2.75, 3.05) is 14.2 Å². The van der Waals surface area contributed by atoms with Crippen LogP contribution in [-0.4, -0.2) is 26.4 Å². The molecule has 0 aliphatic heterocycles. The lowest BCUT2D eigenvalue weighted by Gasteiger charge is -2.28. The molecule has 2 N–H and O–H groups in total. The summed E-state index contributed by atoms with van der Waals surface area (Å²) in [6.07, 6.45) is 5.50. The second-order valence-electron chi connectivity index (χ2n) is 4.97. The summed E-state index contributed by atoms with van der Waals surface area (Å²) in [7, 11) is 3.57. The van der Waals surface area contributed by atoms with Crippen molar-refractivity contribution in [1.29, 1.82) is 0 Å². The molecule has 2 atom stereocenters. The summed E-state index contributed by atoms with van der Waals surface area (Å²) < 4.78 is 11.0. The number of methoxy groups -OCH3 is 2. The van der Waals surface area contributed by atoms with Crippen LogP contribution >= 0.6 is 0 Å². The van der Waals surface area contributed by atoms with Gasteiger partial charge in [-0.3, -0.25) is 0 Å². The Morgan fingerprint density at radius 3 is 2.72 bits per heavy atom. The van der Waals surface area contributed by atoms with E-state index in [2.05, 4.69) is 17.4 Å². The van der Waals surface area contributed by atoms with E-state index < -0.39 is 0 Å². The molecule has 1 fully saturated rings. The van der Waals surface area contributed by atoms with Crippen LogP contribution in [0.15, 0.2) is 24.3 Å². The van der Waals surface area contributed by atoms with Gasteiger partial charge in [-0.15, -0.1) is 0 Å². The van der Waals surface area contributed by atoms with Gasteiger partial charge in [0.25, 0.3) is 0 Å². The van der Waals surface area contributed by atoms with Crippen molar-refractivity contribution in [3.63, 3.8) is 0 Å². The summed E-state index contributed by atoms with van der Waals surface area (Å²) in [5.41, 5.74) is 1.26. The van der Waals surface area contributed by atoms with Gasteiger partial charge in [0, 0.05) is 19.1 Å². The van der Waals surface area contributed by atoms with Crippen LogP contribution in [-0.2, 0) is 11.3 Å². The van der Waals surface area contributed by atoms with Crippen molar-refractivity contribution in [3.8, 4) is 5.75 Å². The molecule has 0 radical (unpaired) electrons. The molecule has 3 heteroatoms. The third kappa shape index (κ3) is 3.24. The third-order valence-corrected chi connectivity index (χ3v) is 3.89. The topological polar surface area (TPSA) is 35.1 Å². The van der Waals surface area contributed by atoms with Gasteiger partial charge < -0.3 is 14.8 Å². The minimum atomic E-state index is 0.411. The Hall–Kier alpha value is -1.06. The zero-order valence-electron chi connectivity index (χ0n) is 11.4. The molecule has 18 heavy (non-hydrogen) atoms. The molecule has 1 aromatic carbocycles. The highest BCUT2D eigenvalue weighted by molar-refractivity contribution is 5.32. The Morgan fingerprint density at radius 1 is 1.17 bits per heavy atom. The molecule has 2 rings (SSSR count). The quantitative estimate of drug-likeness (QED) is 0.863. The highest BCUT2D eigenvalue weighted by Crippen LogP contribution is 2.19. The fourth-order valence-corrected chi connectivity index (χ4v) is 2.84. The first-order chi connectivity index (χ1) is 8.85. The summed E-state index contributed by atoms with van der Waals surface area (Å²) in [5.74, 6) is 0.985. The number of hydrogen-bond donors (Lipinski definition) is 1. The van der Waals surface area contributed by atoms with Crippen molar-refractivity contribution in [3.05, 3.63) is 29.8 Å². The zero-order chi connectivity index (χ0) is 12.8. The van der Waals surface area contributed by atoms with Crippen molar-refractivity contribution >= 4 is 0 Å². The van der Waals surface area contributed by atoms with Crippen molar-refractivity contribution in [2.24, 2.45) is 0 Å². The molecule has 1 saturated carbocycles. The summed E-state index contributed by atoms with van der Waals surface area (Å²) in [6, 6.07) is 8.84. The second-order valence-corrected chi connectivity index (χ2v) is 4.97. The Balaban J connectivity index is 1.93. The normalized spacial score (nSPS) is 23.9. The van der Waals surface area contributed by atoms with Crippen LogP contribution in [0.1, 0.15) is 31.2 Å². The lowest BCUT2D eigenvalue weighted by atomic mass is 9.92. The minimum absolute atomic E-state index is 0.411. The molecule has 0 heterocycles. The predicted octanol–water partition coefficient (Wildman–Crippen LogP) is 1.72. The van der Waals surface area contributed by atoms with E-state index in [1.165, 1.54) is 31.2 Å². The van der Waals surface area contributed by atoms with Crippen LogP contribution in [0.25, 0.3) is 0 Å². The van der Waals surface area contributed by atoms with Crippen LogP contribution in [0.3, 0.4) is 0 Å². The largest absolute Gasteiger partial charge is 0.496 e. The van der Waals surface area contributed by atoms with E-state index in [9.17, 15) is 0 Å². The van der Waals surface area contributed by atoms with E-state index in [0.29, 0.717) is 12.1 Å². The number of ether oxygens (including phenoxy) is 2. The van der Waals surface area contributed by atoms with E-state index >= 15 is 0 Å². The molecule has 0 spiro atoms. The maximum absolute atomic E-state index is 5.59. The van der Waals surface area contributed by atoms with E-state index in [1.807, 2.05) is 19.2 Å². The predicted molar refractivity (Wildman–Crippen MR) is 71.7 cm³/mol. The maximum atomic E-state index is 5.59. The van der Waals surface area contributed by atoms with Gasteiger partial charge >= 0.3 is 0 Å². The Kier molecular flexibility index (Phi) is 5.02. The fourth-order valence-electron chi connectivity index (χ4n) is 2.84. The molecule has 0 bridgehead atoms. The lowest BCUT2D eigenvalue weighted by Crippen LogP contribution is -2.91. The van der Waals surface area contributed by atoms with Crippen LogP contribution < -0.4 is 10.1 Å². The molecular formula is C15H24NO2+. The minimum Gasteiger partial charge on any atom is -0.496 e. The number of rotatable bonds is 5. The SMILES string of the molecule is COc1ccccc1C[NH2+][C@H]1CCCC[C@H]1OC. The summed E-state index contributed by atoms with van der Waals surface area (Å²) in [5, 5.41) is 2.41. The summed E-state index contributed by atoms with van der Waals surface area (Å²) >= 11 is 0. The standard InChI is InChI=1S/C15H23NO2/c1-17-14-9-5-3-7-12(14)11-16-13-8-4-6-10-15(13)18-2/h3,5,7,9,13,15-16H,4,6,8,10-11H2,1-2H3/p+1/t13-,15+/m0/s1. The first kappa shape index (κ1) is 13.4. The van der Waals surface area contributed by atoms with Gasteiger partial charge in [0.2, 0.25) is 0 Å². The van der Waals surface area contributed by atoms with Gasteiger partial charge in [0.1, 0.15) is 24.4 Å².